The lowest BCUT2D eigenvalue weighted by molar-refractivity contribution is 0.466. The van der Waals surface area contributed by atoms with E-state index in [1.54, 1.807) is 0 Å². The fourth-order valence-corrected chi connectivity index (χ4v) is 1.82. The Labute approximate surface area is 85.5 Å². The van der Waals surface area contributed by atoms with Gasteiger partial charge in [0.15, 0.2) is 0 Å². The highest BCUT2D eigenvalue weighted by Gasteiger charge is 2.20. The van der Waals surface area contributed by atoms with Gasteiger partial charge in [-0.25, -0.2) is 4.98 Å². The maximum atomic E-state index is 4.46. The molecule has 1 unspecified atom stereocenters. The van der Waals surface area contributed by atoms with Gasteiger partial charge in [0.2, 0.25) is 0 Å². The summed E-state index contributed by atoms with van der Waals surface area (Å²) in [6, 6.07) is 0. The van der Waals surface area contributed by atoms with Crippen LogP contribution in [-0.4, -0.2) is 16.1 Å². The van der Waals surface area contributed by atoms with Crippen LogP contribution in [0.1, 0.15) is 45.5 Å². The third kappa shape index (κ3) is 1.82. The van der Waals surface area contributed by atoms with Crippen LogP contribution in [0.25, 0.3) is 0 Å². The predicted octanol–water partition coefficient (Wildman–Crippen LogP) is 2.06. The summed E-state index contributed by atoms with van der Waals surface area (Å²) in [6.45, 7) is 7.72. The van der Waals surface area contributed by atoms with Crippen LogP contribution in [0.15, 0.2) is 12.5 Å². The quantitative estimate of drug-likeness (QED) is 0.740. The summed E-state index contributed by atoms with van der Waals surface area (Å²) in [5, 5.41) is 3.46. The van der Waals surface area contributed by atoms with Crippen molar-refractivity contribution in [2.75, 3.05) is 6.54 Å². The molecule has 1 aromatic rings. The number of nitrogens with one attached hydrogen (secondary N) is 1. The highest BCUT2D eigenvalue weighted by atomic mass is 15.2. The van der Waals surface area contributed by atoms with E-state index in [2.05, 4.69) is 41.8 Å². The van der Waals surface area contributed by atoms with E-state index in [1.807, 2.05) is 6.33 Å². The van der Waals surface area contributed by atoms with Gasteiger partial charge in [-0.2, -0.15) is 0 Å². The Morgan fingerprint density at radius 2 is 2.29 bits per heavy atom. The minimum absolute atomic E-state index is 0.157. The molecule has 78 valence electrons. The molecule has 1 N–H and O–H groups in total. The molecule has 0 bridgehead atoms. The normalized spacial score (nSPS) is 22.9. The van der Waals surface area contributed by atoms with Crippen LogP contribution >= 0.6 is 0 Å². The Morgan fingerprint density at radius 1 is 1.50 bits per heavy atom. The van der Waals surface area contributed by atoms with Crippen LogP contribution in [-0.2, 0) is 5.41 Å². The molecule has 0 aliphatic carbocycles. The van der Waals surface area contributed by atoms with E-state index in [0.29, 0.717) is 6.17 Å². The molecule has 3 nitrogen and oxygen atoms in total. The number of nitrogens with zero attached hydrogens (tertiary/aromatic N) is 2. The second-order valence-electron chi connectivity index (χ2n) is 5.07. The van der Waals surface area contributed by atoms with Gasteiger partial charge in [0.25, 0.3) is 0 Å². The van der Waals surface area contributed by atoms with Crippen molar-refractivity contribution < 1.29 is 0 Å². The van der Waals surface area contributed by atoms with E-state index in [1.165, 1.54) is 18.5 Å². The zero-order valence-corrected chi connectivity index (χ0v) is 9.25. The first-order valence-corrected chi connectivity index (χ1v) is 5.35. The number of imidazole rings is 1. The Bertz CT molecular complexity index is 303. The van der Waals surface area contributed by atoms with Gasteiger partial charge >= 0.3 is 0 Å². The highest BCUT2D eigenvalue weighted by Crippen LogP contribution is 2.23. The first-order valence-electron chi connectivity index (χ1n) is 5.35. The van der Waals surface area contributed by atoms with E-state index in [4.69, 9.17) is 0 Å². The van der Waals surface area contributed by atoms with Crippen LogP contribution < -0.4 is 5.32 Å². The second-order valence-corrected chi connectivity index (χ2v) is 5.07. The highest BCUT2D eigenvalue weighted by molar-refractivity contribution is 5.09. The summed E-state index contributed by atoms with van der Waals surface area (Å²) in [6.07, 6.45) is 7.08. The second kappa shape index (κ2) is 3.39. The van der Waals surface area contributed by atoms with Crippen molar-refractivity contribution in [1.82, 2.24) is 14.9 Å². The van der Waals surface area contributed by atoms with Gasteiger partial charge in [-0.3, -0.25) is 5.32 Å². The van der Waals surface area contributed by atoms with Gasteiger partial charge in [-0.1, -0.05) is 20.8 Å². The van der Waals surface area contributed by atoms with Crippen molar-refractivity contribution >= 4 is 0 Å². The number of aromatic nitrogens is 2. The molecule has 0 saturated carbocycles. The SMILES string of the molecule is CC(C)(C)c1cn(C2CCCN2)cn1. The fourth-order valence-electron chi connectivity index (χ4n) is 1.82. The molecule has 0 amide bonds. The molecule has 14 heavy (non-hydrogen) atoms. The Kier molecular flexibility index (Phi) is 2.35. The monoisotopic (exact) mass is 193 g/mol. The molecule has 2 heterocycles. The topological polar surface area (TPSA) is 29.9 Å². The van der Waals surface area contributed by atoms with Gasteiger partial charge in [-0.15, -0.1) is 0 Å². The van der Waals surface area contributed by atoms with Gasteiger partial charge in [0.05, 0.1) is 18.2 Å². The molecule has 1 saturated heterocycles. The summed E-state index contributed by atoms with van der Waals surface area (Å²) in [7, 11) is 0. The summed E-state index contributed by atoms with van der Waals surface area (Å²) in [4.78, 5) is 4.46. The standard InChI is InChI=1S/C11H19N3/c1-11(2,3)9-7-14(8-13-9)10-5-4-6-12-10/h7-8,10,12H,4-6H2,1-3H3. The van der Waals surface area contributed by atoms with Crippen molar-refractivity contribution in [2.45, 2.75) is 45.2 Å². The molecule has 0 spiro atoms. The molecule has 1 atom stereocenters. The van der Waals surface area contributed by atoms with Crippen molar-refractivity contribution in [2.24, 2.45) is 0 Å². The molecule has 1 aliphatic heterocycles. The zero-order valence-electron chi connectivity index (χ0n) is 9.25. The lowest BCUT2D eigenvalue weighted by Gasteiger charge is -2.15. The van der Waals surface area contributed by atoms with E-state index in [0.717, 1.165) is 6.54 Å². The summed E-state index contributed by atoms with van der Waals surface area (Å²) < 4.78 is 2.20. The van der Waals surface area contributed by atoms with Gasteiger partial charge < -0.3 is 4.57 Å². The summed E-state index contributed by atoms with van der Waals surface area (Å²) in [5.74, 6) is 0. The van der Waals surface area contributed by atoms with Crippen molar-refractivity contribution in [3.05, 3.63) is 18.2 Å². The Balaban J connectivity index is 2.17. The molecule has 2 rings (SSSR count). The molecular formula is C11H19N3. The molecule has 1 aromatic heterocycles. The lowest BCUT2D eigenvalue weighted by atomic mass is 9.93. The minimum Gasteiger partial charge on any atom is -0.321 e. The smallest absolute Gasteiger partial charge is 0.0962 e. The molecule has 1 fully saturated rings. The van der Waals surface area contributed by atoms with Crippen LogP contribution in [0, 0.1) is 0 Å². The van der Waals surface area contributed by atoms with Crippen molar-refractivity contribution in [3.8, 4) is 0 Å². The molecular weight excluding hydrogens is 174 g/mol. The van der Waals surface area contributed by atoms with E-state index in [9.17, 15) is 0 Å². The zero-order chi connectivity index (χ0) is 10.2. The number of hydrogen-bond donors (Lipinski definition) is 1. The fraction of sp³-hybridized carbons (Fsp3) is 0.727. The van der Waals surface area contributed by atoms with E-state index < -0.39 is 0 Å². The minimum atomic E-state index is 0.157. The van der Waals surface area contributed by atoms with Gasteiger partial charge in [0.1, 0.15) is 0 Å². The van der Waals surface area contributed by atoms with Crippen molar-refractivity contribution in [3.63, 3.8) is 0 Å². The van der Waals surface area contributed by atoms with Crippen molar-refractivity contribution in [1.29, 1.82) is 0 Å². The van der Waals surface area contributed by atoms with Crippen LogP contribution in [0.3, 0.4) is 0 Å². The average molecular weight is 193 g/mol. The van der Waals surface area contributed by atoms with Crippen LogP contribution in [0.5, 0.6) is 0 Å². The van der Waals surface area contributed by atoms with Crippen LogP contribution in [0.4, 0.5) is 0 Å². The van der Waals surface area contributed by atoms with Gasteiger partial charge in [-0.05, 0) is 19.4 Å². The molecule has 1 aliphatic rings. The summed E-state index contributed by atoms with van der Waals surface area (Å²) in [5.41, 5.74) is 1.33. The number of hydrogen-bond acceptors (Lipinski definition) is 2. The third-order valence-corrected chi connectivity index (χ3v) is 2.76. The molecule has 3 heteroatoms. The maximum absolute atomic E-state index is 4.46. The Hall–Kier alpha value is -0.830. The first-order chi connectivity index (χ1) is 6.57. The molecule has 0 aromatic carbocycles. The lowest BCUT2D eigenvalue weighted by Crippen LogP contribution is -2.18. The Morgan fingerprint density at radius 3 is 2.79 bits per heavy atom. The average Bonchev–Trinajstić information content (AvgIpc) is 2.73. The van der Waals surface area contributed by atoms with Crippen LogP contribution in [0.2, 0.25) is 0 Å². The predicted molar refractivity (Wildman–Crippen MR) is 57.2 cm³/mol. The first kappa shape index (κ1) is 9.71. The van der Waals surface area contributed by atoms with E-state index in [-0.39, 0.29) is 5.41 Å². The number of rotatable bonds is 1. The largest absolute Gasteiger partial charge is 0.321 e. The molecule has 0 radical (unpaired) electrons. The van der Waals surface area contributed by atoms with E-state index >= 15 is 0 Å². The third-order valence-electron chi connectivity index (χ3n) is 2.76. The maximum Gasteiger partial charge on any atom is 0.0962 e. The summed E-state index contributed by atoms with van der Waals surface area (Å²) >= 11 is 0. The van der Waals surface area contributed by atoms with Gasteiger partial charge in [0, 0.05) is 11.6 Å².